The third-order valence-electron chi connectivity index (χ3n) is 4.50. The van der Waals surface area contributed by atoms with Gasteiger partial charge in [0.1, 0.15) is 17.2 Å². The van der Waals surface area contributed by atoms with Crippen LogP contribution >= 0.6 is 0 Å². The average molecular weight is 334 g/mol. The van der Waals surface area contributed by atoms with Gasteiger partial charge in [-0.25, -0.2) is 8.78 Å². The summed E-state index contributed by atoms with van der Waals surface area (Å²) >= 11 is 0. The van der Waals surface area contributed by atoms with Gasteiger partial charge in [0.05, 0.1) is 5.69 Å². The molecule has 0 bridgehead atoms. The van der Waals surface area contributed by atoms with Crippen molar-refractivity contribution in [2.75, 3.05) is 26.2 Å². The predicted molar refractivity (Wildman–Crippen MR) is 85.6 cm³/mol. The molecular weight excluding hydrogens is 314 g/mol. The van der Waals surface area contributed by atoms with E-state index in [1.54, 1.807) is 0 Å². The van der Waals surface area contributed by atoms with Crippen LogP contribution < -0.4 is 0 Å². The summed E-state index contributed by atoms with van der Waals surface area (Å²) in [4.78, 5) is 16.1. The molecule has 1 N–H and O–H groups in total. The standard InChI is InChI=1S/C17H20F2N4O/c1-11-13(12(2)21-20-11)10-22-6-8-23(9-7-22)17(24)16-14(18)4-3-5-15(16)19/h3-5H,6-10H2,1-2H3,(H,20,21). The fraction of sp³-hybridized carbons (Fsp3) is 0.412. The number of aromatic nitrogens is 2. The Kier molecular flexibility index (Phi) is 4.62. The van der Waals surface area contributed by atoms with Crippen molar-refractivity contribution < 1.29 is 13.6 Å². The Hall–Kier alpha value is -2.28. The first-order valence-electron chi connectivity index (χ1n) is 7.93. The molecule has 2 heterocycles. The lowest BCUT2D eigenvalue weighted by molar-refractivity contribution is 0.0618. The highest BCUT2D eigenvalue weighted by Crippen LogP contribution is 2.18. The van der Waals surface area contributed by atoms with Crippen molar-refractivity contribution in [3.63, 3.8) is 0 Å². The van der Waals surface area contributed by atoms with Crippen LogP contribution in [0, 0.1) is 25.5 Å². The number of nitrogens with zero attached hydrogens (tertiary/aromatic N) is 3. The Labute approximate surface area is 139 Å². The third kappa shape index (κ3) is 3.17. The molecule has 3 rings (SSSR count). The summed E-state index contributed by atoms with van der Waals surface area (Å²) in [6.07, 6.45) is 0. The number of benzene rings is 1. The van der Waals surface area contributed by atoms with Crippen LogP contribution in [-0.2, 0) is 6.54 Å². The van der Waals surface area contributed by atoms with Crippen molar-refractivity contribution in [3.05, 3.63) is 52.3 Å². The molecule has 1 saturated heterocycles. The Bertz CT molecular complexity index is 711. The number of carbonyl (C=O) groups is 1. The minimum absolute atomic E-state index is 0.447. The van der Waals surface area contributed by atoms with Crippen LogP contribution in [0.15, 0.2) is 18.2 Å². The Morgan fingerprint density at radius 3 is 2.33 bits per heavy atom. The zero-order chi connectivity index (χ0) is 17.3. The van der Waals surface area contributed by atoms with Gasteiger partial charge >= 0.3 is 0 Å². The Balaban J connectivity index is 1.64. The number of nitrogens with one attached hydrogen (secondary N) is 1. The molecule has 0 spiro atoms. The van der Waals surface area contributed by atoms with E-state index < -0.39 is 23.1 Å². The molecule has 1 amide bonds. The molecular formula is C17H20F2N4O. The molecule has 0 aliphatic carbocycles. The topological polar surface area (TPSA) is 52.2 Å². The van der Waals surface area contributed by atoms with E-state index in [4.69, 9.17) is 0 Å². The molecule has 1 aliphatic heterocycles. The van der Waals surface area contributed by atoms with Gasteiger partial charge in [0.15, 0.2) is 0 Å². The summed E-state index contributed by atoms with van der Waals surface area (Å²) in [5.74, 6) is -2.21. The van der Waals surface area contributed by atoms with Crippen molar-refractivity contribution in [2.45, 2.75) is 20.4 Å². The maximum Gasteiger partial charge on any atom is 0.259 e. The van der Waals surface area contributed by atoms with Gasteiger partial charge in [0.2, 0.25) is 0 Å². The maximum absolute atomic E-state index is 13.8. The molecule has 0 saturated carbocycles. The quantitative estimate of drug-likeness (QED) is 0.937. The number of hydrogen-bond acceptors (Lipinski definition) is 3. The van der Waals surface area contributed by atoms with Gasteiger partial charge in [0.25, 0.3) is 5.91 Å². The van der Waals surface area contributed by atoms with Gasteiger partial charge in [-0.15, -0.1) is 0 Å². The van der Waals surface area contributed by atoms with E-state index in [0.717, 1.165) is 35.6 Å². The van der Waals surface area contributed by atoms with E-state index >= 15 is 0 Å². The third-order valence-corrected chi connectivity index (χ3v) is 4.50. The van der Waals surface area contributed by atoms with Crippen molar-refractivity contribution in [1.82, 2.24) is 20.0 Å². The second-order valence-corrected chi connectivity index (χ2v) is 6.08. The van der Waals surface area contributed by atoms with E-state index in [1.165, 1.54) is 11.0 Å². The minimum Gasteiger partial charge on any atom is -0.336 e. The highest BCUT2D eigenvalue weighted by Gasteiger charge is 2.27. The van der Waals surface area contributed by atoms with E-state index in [0.29, 0.717) is 26.2 Å². The van der Waals surface area contributed by atoms with Crippen LogP contribution in [0.5, 0.6) is 0 Å². The number of carbonyl (C=O) groups excluding carboxylic acids is 1. The van der Waals surface area contributed by atoms with Gasteiger partial charge in [-0.3, -0.25) is 14.8 Å². The van der Waals surface area contributed by atoms with E-state index in [1.807, 2.05) is 13.8 Å². The minimum atomic E-state index is -0.813. The summed E-state index contributed by atoms with van der Waals surface area (Å²) in [6, 6.07) is 3.48. The van der Waals surface area contributed by atoms with Crippen molar-refractivity contribution in [1.29, 1.82) is 0 Å². The van der Waals surface area contributed by atoms with Crippen molar-refractivity contribution in [2.24, 2.45) is 0 Å². The summed E-state index contributed by atoms with van der Waals surface area (Å²) in [5, 5.41) is 7.15. The van der Waals surface area contributed by atoms with Gasteiger partial charge in [-0.05, 0) is 26.0 Å². The summed E-state index contributed by atoms with van der Waals surface area (Å²) in [6.45, 7) is 6.91. The SMILES string of the molecule is Cc1n[nH]c(C)c1CN1CCN(C(=O)c2c(F)cccc2F)CC1. The number of H-pyrrole nitrogens is 1. The summed E-state index contributed by atoms with van der Waals surface area (Å²) < 4.78 is 27.5. The van der Waals surface area contributed by atoms with Crippen LogP contribution in [0.4, 0.5) is 8.78 Å². The Morgan fingerprint density at radius 2 is 1.79 bits per heavy atom. The fourth-order valence-corrected chi connectivity index (χ4v) is 3.00. The summed E-state index contributed by atoms with van der Waals surface area (Å²) in [5.41, 5.74) is 2.71. The van der Waals surface area contributed by atoms with Gasteiger partial charge in [0, 0.05) is 44.0 Å². The molecule has 1 fully saturated rings. The normalized spacial score (nSPS) is 15.8. The van der Waals surface area contributed by atoms with E-state index in [2.05, 4.69) is 15.1 Å². The first-order valence-corrected chi connectivity index (χ1v) is 7.93. The molecule has 1 aliphatic rings. The zero-order valence-corrected chi connectivity index (χ0v) is 13.8. The number of rotatable bonds is 3. The molecule has 0 atom stereocenters. The van der Waals surface area contributed by atoms with Crippen molar-refractivity contribution >= 4 is 5.91 Å². The van der Waals surface area contributed by atoms with E-state index in [9.17, 15) is 13.6 Å². The molecule has 2 aromatic rings. The lowest BCUT2D eigenvalue weighted by Gasteiger charge is -2.34. The van der Waals surface area contributed by atoms with Crippen LogP contribution in [0.1, 0.15) is 27.3 Å². The molecule has 1 aromatic carbocycles. The molecule has 7 heteroatoms. The largest absolute Gasteiger partial charge is 0.336 e. The van der Waals surface area contributed by atoms with Crippen LogP contribution in [0.3, 0.4) is 0 Å². The Morgan fingerprint density at radius 1 is 1.17 bits per heavy atom. The van der Waals surface area contributed by atoms with Crippen LogP contribution in [0.2, 0.25) is 0 Å². The highest BCUT2D eigenvalue weighted by atomic mass is 19.1. The average Bonchev–Trinajstić information content (AvgIpc) is 2.87. The van der Waals surface area contributed by atoms with Gasteiger partial charge in [-0.2, -0.15) is 5.10 Å². The van der Waals surface area contributed by atoms with Crippen LogP contribution in [0.25, 0.3) is 0 Å². The second-order valence-electron chi connectivity index (χ2n) is 6.08. The lowest BCUT2D eigenvalue weighted by atomic mass is 10.1. The van der Waals surface area contributed by atoms with E-state index in [-0.39, 0.29) is 0 Å². The number of amides is 1. The second kappa shape index (κ2) is 6.68. The summed E-state index contributed by atoms with van der Waals surface area (Å²) in [7, 11) is 0. The number of halogens is 2. The molecule has 5 nitrogen and oxygen atoms in total. The number of aromatic amines is 1. The number of hydrogen-bond donors (Lipinski definition) is 1. The molecule has 128 valence electrons. The lowest BCUT2D eigenvalue weighted by Crippen LogP contribution is -2.48. The number of piperazine rings is 1. The molecule has 24 heavy (non-hydrogen) atoms. The monoisotopic (exact) mass is 334 g/mol. The zero-order valence-electron chi connectivity index (χ0n) is 13.8. The van der Waals surface area contributed by atoms with Crippen molar-refractivity contribution in [3.8, 4) is 0 Å². The molecule has 1 aromatic heterocycles. The van der Waals surface area contributed by atoms with Gasteiger partial charge < -0.3 is 4.90 Å². The number of aryl methyl sites for hydroxylation is 2. The maximum atomic E-state index is 13.8. The molecule has 0 unspecified atom stereocenters. The highest BCUT2D eigenvalue weighted by molar-refractivity contribution is 5.94. The first-order chi connectivity index (χ1) is 11.5. The predicted octanol–water partition coefficient (Wildman–Crippen LogP) is 2.26. The smallest absolute Gasteiger partial charge is 0.259 e. The first kappa shape index (κ1) is 16.6. The van der Waals surface area contributed by atoms with Crippen LogP contribution in [-0.4, -0.2) is 52.1 Å². The van der Waals surface area contributed by atoms with Gasteiger partial charge in [-0.1, -0.05) is 6.07 Å². The fourth-order valence-electron chi connectivity index (χ4n) is 3.00. The molecule has 0 radical (unpaired) electrons.